The van der Waals surface area contributed by atoms with Crippen LogP contribution in [0.15, 0.2) is 54.6 Å². The molecule has 0 saturated heterocycles. The second-order valence-electron chi connectivity index (χ2n) is 6.25. The maximum Gasteiger partial charge on any atom is 0.230 e. The fourth-order valence-electron chi connectivity index (χ4n) is 2.40. The van der Waals surface area contributed by atoms with E-state index in [0.717, 1.165) is 11.1 Å². The van der Waals surface area contributed by atoms with E-state index in [4.69, 9.17) is 11.6 Å². The molecule has 4 heteroatoms. The molecule has 2 aromatic rings. The third kappa shape index (κ3) is 4.12. The number of hydrogen-bond donors (Lipinski definition) is 2. The second kappa shape index (κ2) is 7.16. The van der Waals surface area contributed by atoms with Crippen molar-refractivity contribution < 1.29 is 9.90 Å². The molecule has 0 aromatic heterocycles. The Kier molecular flexibility index (Phi) is 5.45. The Bertz CT molecular complexity index is 653. The van der Waals surface area contributed by atoms with Crippen LogP contribution in [0.3, 0.4) is 0 Å². The fraction of sp³-hybridized carbons (Fsp3) is 0.316. The zero-order valence-electron chi connectivity index (χ0n) is 13.6. The largest absolute Gasteiger partial charge is 0.386 e. The number of carbonyl (C=O) groups excluding carboxylic acids is 1. The van der Waals surface area contributed by atoms with Gasteiger partial charge in [0.1, 0.15) is 0 Å². The Morgan fingerprint density at radius 3 is 2.22 bits per heavy atom. The molecule has 2 aromatic carbocycles. The van der Waals surface area contributed by atoms with E-state index >= 15 is 0 Å². The van der Waals surface area contributed by atoms with Crippen molar-refractivity contribution >= 4 is 17.5 Å². The van der Waals surface area contributed by atoms with Gasteiger partial charge >= 0.3 is 0 Å². The zero-order valence-corrected chi connectivity index (χ0v) is 14.3. The van der Waals surface area contributed by atoms with Gasteiger partial charge in [-0.15, -0.1) is 0 Å². The number of aliphatic hydroxyl groups excluding tert-OH is 1. The van der Waals surface area contributed by atoms with Gasteiger partial charge in [0.25, 0.3) is 0 Å². The van der Waals surface area contributed by atoms with Crippen LogP contribution in [-0.4, -0.2) is 17.1 Å². The third-order valence-corrected chi connectivity index (χ3v) is 4.36. The first kappa shape index (κ1) is 17.5. The molecule has 3 nitrogen and oxygen atoms in total. The number of aliphatic hydroxyl groups is 1. The van der Waals surface area contributed by atoms with Crippen molar-refractivity contribution in [1.29, 1.82) is 0 Å². The highest BCUT2D eigenvalue weighted by Gasteiger charge is 2.31. The van der Waals surface area contributed by atoms with E-state index in [1.54, 1.807) is 19.1 Å². The lowest BCUT2D eigenvalue weighted by Gasteiger charge is -2.28. The Morgan fingerprint density at radius 2 is 1.65 bits per heavy atom. The molecule has 0 saturated carbocycles. The normalized spacial score (nSPS) is 14.1. The average molecular weight is 332 g/mol. The number of halogens is 1. The highest BCUT2D eigenvalue weighted by Crippen LogP contribution is 2.26. The second-order valence-corrected chi connectivity index (χ2v) is 6.69. The van der Waals surface area contributed by atoms with E-state index in [1.807, 2.05) is 56.3 Å². The molecule has 0 aliphatic carbocycles. The highest BCUT2D eigenvalue weighted by molar-refractivity contribution is 6.30. The molecule has 1 amide bonds. The van der Waals surface area contributed by atoms with Crippen molar-refractivity contribution in [3.8, 4) is 0 Å². The van der Waals surface area contributed by atoms with Crippen LogP contribution < -0.4 is 5.32 Å². The molecule has 2 rings (SSSR count). The van der Waals surface area contributed by atoms with E-state index in [2.05, 4.69) is 5.32 Å². The van der Waals surface area contributed by atoms with Crippen molar-refractivity contribution in [2.75, 3.05) is 0 Å². The molecule has 0 radical (unpaired) electrons. The number of amides is 1. The number of rotatable bonds is 5. The maximum absolute atomic E-state index is 12.6. The van der Waals surface area contributed by atoms with Gasteiger partial charge in [0, 0.05) is 5.02 Å². The fourth-order valence-corrected chi connectivity index (χ4v) is 2.53. The predicted molar refractivity (Wildman–Crippen MR) is 93.5 cm³/mol. The van der Waals surface area contributed by atoms with Gasteiger partial charge in [-0.2, -0.15) is 0 Å². The lowest BCUT2D eigenvalue weighted by atomic mass is 9.83. The van der Waals surface area contributed by atoms with Crippen LogP contribution in [0.2, 0.25) is 5.02 Å². The summed E-state index contributed by atoms with van der Waals surface area (Å²) >= 11 is 5.90. The van der Waals surface area contributed by atoms with Gasteiger partial charge in [-0.3, -0.25) is 4.79 Å². The highest BCUT2D eigenvalue weighted by atomic mass is 35.5. The van der Waals surface area contributed by atoms with Crippen molar-refractivity contribution in [3.63, 3.8) is 0 Å². The summed E-state index contributed by atoms with van der Waals surface area (Å²) in [4.78, 5) is 12.6. The van der Waals surface area contributed by atoms with E-state index < -0.39 is 17.6 Å². The number of benzene rings is 2. The summed E-state index contributed by atoms with van der Waals surface area (Å²) in [6.07, 6.45) is -0.749. The molecule has 0 aliphatic rings. The van der Waals surface area contributed by atoms with E-state index in [9.17, 15) is 9.90 Å². The van der Waals surface area contributed by atoms with E-state index in [1.165, 1.54) is 0 Å². The molecule has 23 heavy (non-hydrogen) atoms. The summed E-state index contributed by atoms with van der Waals surface area (Å²) in [5.41, 5.74) is 0.945. The minimum Gasteiger partial charge on any atom is -0.386 e. The molecule has 0 fully saturated rings. The first-order chi connectivity index (χ1) is 10.8. The molecule has 2 atom stereocenters. The molecule has 0 spiro atoms. The summed E-state index contributed by atoms with van der Waals surface area (Å²) in [5, 5.41) is 13.9. The molecule has 0 aliphatic heterocycles. The summed E-state index contributed by atoms with van der Waals surface area (Å²) in [7, 11) is 0. The van der Waals surface area contributed by atoms with E-state index in [-0.39, 0.29) is 5.91 Å². The lowest BCUT2D eigenvalue weighted by Crippen LogP contribution is -2.46. The number of nitrogens with one attached hydrogen (secondary N) is 1. The van der Waals surface area contributed by atoms with Gasteiger partial charge in [0.05, 0.1) is 17.6 Å². The van der Waals surface area contributed by atoms with Crippen LogP contribution in [0.1, 0.15) is 38.0 Å². The molecule has 0 bridgehead atoms. The molecular formula is C19H22ClNO2. The van der Waals surface area contributed by atoms with Gasteiger partial charge in [0.2, 0.25) is 5.91 Å². The first-order valence-electron chi connectivity index (χ1n) is 7.62. The van der Waals surface area contributed by atoms with Crippen molar-refractivity contribution in [2.24, 2.45) is 0 Å². The Labute approximate surface area is 142 Å². The topological polar surface area (TPSA) is 49.3 Å². The molecular weight excluding hydrogens is 310 g/mol. The Morgan fingerprint density at radius 1 is 1.09 bits per heavy atom. The van der Waals surface area contributed by atoms with Crippen LogP contribution in [0.25, 0.3) is 0 Å². The third-order valence-electron chi connectivity index (χ3n) is 4.11. The number of hydrogen-bond acceptors (Lipinski definition) is 2. The van der Waals surface area contributed by atoms with Crippen LogP contribution >= 0.6 is 11.6 Å². The lowest BCUT2D eigenvalue weighted by molar-refractivity contribution is -0.127. The van der Waals surface area contributed by atoms with Crippen LogP contribution in [-0.2, 0) is 10.2 Å². The summed E-state index contributed by atoms with van der Waals surface area (Å²) in [5.74, 6) is -0.137. The van der Waals surface area contributed by atoms with Crippen molar-refractivity contribution in [3.05, 3.63) is 70.7 Å². The van der Waals surface area contributed by atoms with Crippen LogP contribution in [0.5, 0.6) is 0 Å². The van der Waals surface area contributed by atoms with E-state index in [0.29, 0.717) is 5.02 Å². The maximum atomic E-state index is 12.6. The Balaban J connectivity index is 2.09. The standard InChI is InChI=1S/C19H22ClNO2/c1-13(17(22)14-7-5-4-6-8-14)21-18(23)19(2,3)15-9-11-16(20)12-10-15/h4-13,17,22H,1-3H3,(H,21,23). The Hall–Kier alpha value is -1.84. The van der Waals surface area contributed by atoms with Crippen LogP contribution in [0.4, 0.5) is 0 Å². The average Bonchev–Trinajstić information content (AvgIpc) is 2.55. The zero-order chi connectivity index (χ0) is 17.0. The molecule has 2 unspecified atom stereocenters. The summed E-state index contributed by atoms with van der Waals surface area (Å²) in [6.45, 7) is 5.51. The van der Waals surface area contributed by atoms with Gasteiger partial charge < -0.3 is 10.4 Å². The first-order valence-corrected chi connectivity index (χ1v) is 8.00. The molecule has 122 valence electrons. The minimum atomic E-state index is -0.749. The number of carbonyl (C=O) groups is 1. The van der Waals surface area contributed by atoms with Gasteiger partial charge in [-0.05, 0) is 44.0 Å². The summed E-state index contributed by atoms with van der Waals surface area (Å²) in [6, 6.07) is 16.2. The monoisotopic (exact) mass is 331 g/mol. The van der Waals surface area contributed by atoms with Crippen LogP contribution in [0, 0.1) is 0 Å². The van der Waals surface area contributed by atoms with Crippen molar-refractivity contribution in [2.45, 2.75) is 38.3 Å². The van der Waals surface area contributed by atoms with Gasteiger partial charge in [-0.1, -0.05) is 54.1 Å². The van der Waals surface area contributed by atoms with Crippen molar-refractivity contribution in [1.82, 2.24) is 5.32 Å². The summed E-state index contributed by atoms with van der Waals surface area (Å²) < 4.78 is 0. The quantitative estimate of drug-likeness (QED) is 0.874. The SMILES string of the molecule is CC(NC(=O)C(C)(C)c1ccc(Cl)cc1)C(O)c1ccccc1. The van der Waals surface area contributed by atoms with Gasteiger partial charge in [0.15, 0.2) is 0 Å². The van der Waals surface area contributed by atoms with Gasteiger partial charge in [-0.25, -0.2) is 0 Å². The smallest absolute Gasteiger partial charge is 0.230 e. The predicted octanol–water partition coefficient (Wildman–Crippen LogP) is 3.86. The molecule has 0 heterocycles. The molecule has 2 N–H and O–H groups in total. The minimum absolute atomic E-state index is 0.137.